The Labute approximate surface area is 138 Å². The predicted molar refractivity (Wildman–Crippen MR) is 95.2 cm³/mol. The first-order valence-electron chi connectivity index (χ1n) is 9.53. The van der Waals surface area contributed by atoms with E-state index in [1.165, 1.54) is 84.2 Å². The molecule has 0 aromatic heterocycles. The van der Waals surface area contributed by atoms with Gasteiger partial charge in [-0.3, -0.25) is 9.69 Å². The zero-order valence-electron chi connectivity index (χ0n) is 15.4. The van der Waals surface area contributed by atoms with Gasteiger partial charge in [-0.15, -0.1) is 0 Å². The quantitative estimate of drug-likeness (QED) is 0.290. The van der Waals surface area contributed by atoms with E-state index in [9.17, 15) is 4.79 Å². The summed E-state index contributed by atoms with van der Waals surface area (Å²) < 4.78 is 4.72. The molecule has 0 unspecified atom stereocenters. The summed E-state index contributed by atoms with van der Waals surface area (Å²) in [6, 6.07) is 0. The summed E-state index contributed by atoms with van der Waals surface area (Å²) in [7, 11) is 1.46. The molecule has 0 N–H and O–H groups in total. The van der Waals surface area contributed by atoms with E-state index in [0.29, 0.717) is 6.54 Å². The van der Waals surface area contributed by atoms with E-state index in [1.54, 1.807) is 0 Å². The van der Waals surface area contributed by atoms with Crippen LogP contribution >= 0.6 is 0 Å². The molecule has 0 bridgehead atoms. The van der Waals surface area contributed by atoms with Crippen LogP contribution in [0.5, 0.6) is 0 Å². The third-order valence-electron chi connectivity index (χ3n) is 4.36. The number of unbranched alkanes of at least 4 members (excludes halogenated alkanes) is 11. The van der Waals surface area contributed by atoms with E-state index in [1.807, 2.05) is 0 Å². The van der Waals surface area contributed by atoms with Crippen molar-refractivity contribution >= 4 is 5.97 Å². The highest BCUT2D eigenvalue weighted by Gasteiger charge is 2.07. The number of carbonyl (C=O) groups is 1. The fourth-order valence-corrected chi connectivity index (χ4v) is 2.77. The fraction of sp³-hybridized carbons (Fsp3) is 0.947. The summed E-state index contributed by atoms with van der Waals surface area (Å²) in [5, 5.41) is 0. The van der Waals surface area contributed by atoms with Gasteiger partial charge in [0.05, 0.1) is 13.7 Å². The highest BCUT2D eigenvalue weighted by molar-refractivity contribution is 5.71. The lowest BCUT2D eigenvalue weighted by atomic mass is 10.1. The summed E-state index contributed by atoms with van der Waals surface area (Å²) in [6.07, 6.45) is 16.5. The van der Waals surface area contributed by atoms with Crippen molar-refractivity contribution in [2.75, 3.05) is 26.7 Å². The predicted octanol–water partition coefficient (Wildman–Crippen LogP) is 5.18. The SMILES string of the molecule is CCCCCCCCCCCCCCN(CC)CC(=O)OC. The van der Waals surface area contributed by atoms with Gasteiger partial charge in [0.2, 0.25) is 0 Å². The van der Waals surface area contributed by atoms with Crippen LogP contribution in [0.4, 0.5) is 0 Å². The van der Waals surface area contributed by atoms with Crippen molar-refractivity contribution in [1.82, 2.24) is 4.90 Å². The smallest absolute Gasteiger partial charge is 0.319 e. The summed E-state index contributed by atoms with van der Waals surface area (Å²) in [6.45, 7) is 6.75. The number of carbonyl (C=O) groups excluding carboxylic acids is 1. The van der Waals surface area contributed by atoms with Crippen LogP contribution in [0.15, 0.2) is 0 Å². The highest BCUT2D eigenvalue weighted by atomic mass is 16.5. The molecule has 0 heterocycles. The second-order valence-corrected chi connectivity index (χ2v) is 6.33. The minimum Gasteiger partial charge on any atom is -0.468 e. The average molecular weight is 314 g/mol. The molecule has 132 valence electrons. The molecule has 0 atom stereocenters. The molecular formula is C19H39NO2. The van der Waals surface area contributed by atoms with Gasteiger partial charge in [-0.25, -0.2) is 0 Å². The van der Waals surface area contributed by atoms with Gasteiger partial charge < -0.3 is 4.74 Å². The van der Waals surface area contributed by atoms with Crippen molar-refractivity contribution in [2.45, 2.75) is 90.9 Å². The molecule has 22 heavy (non-hydrogen) atoms. The van der Waals surface area contributed by atoms with Crippen LogP contribution < -0.4 is 0 Å². The second kappa shape index (κ2) is 16.8. The number of ether oxygens (including phenoxy) is 1. The Morgan fingerprint density at radius 3 is 1.64 bits per heavy atom. The minimum atomic E-state index is -0.124. The number of methoxy groups -OCH3 is 1. The summed E-state index contributed by atoms with van der Waals surface area (Å²) >= 11 is 0. The van der Waals surface area contributed by atoms with Gasteiger partial charge in [0.15, 0.2) is 0 Å². The van der Waals surface area contributed by atoms with Crippen LogP contribution in [0.25, 0.3) is 0 Å². The van der Waals surface area contributed by atoms with Crippen LogP contribution in [0, 0.1) is 0 Å². The van der Waals surface area contributed by atoms with Gasteiger partial charge in [-0.05, 0) is 19.5 Å². The standard InChI is InChI=1S/C19H39NO2/c1-4-6-7-8-9-10-11-12-13-14-15-16-17-20(5-2)18-19(21)22-3/h4-18H2,1-3H3. The van der Waals surface area contributed by atoms with Gasteiger partial charge in [-0.1, -0.05) is 84.5 Å². The fourth-order valence-electron chi connectivity index (χ4n) is 2.77. The Kier molecular flexibility index (Phi) is 16.4. The van der Waals surface area contributed by atoms with Gasteiger partial charge in [0.1, 0.15) is 0 Å². The number of likely N-dealkylation sites (N-methyl/N-ethyl adjacent to an activating group) is 1. The van der Waals surface area contributed by atoms with Crippen molar-refractivity contribution in [1.29, 1.82) is 0 Å². The maximum Gasteiger partial charge on any atom is 0.319 e. The Morgan fingerprint density at radius 1 is 0.773 bits per heavy atom. The van der Waals surface area contributed by atoms with E-state index < -0.39 is 0 Å². The lowest BCUT2D eigenvalue weighted by Crippen LogP contribution is -2.31. The van der Waals surface area contributed by atoms with Gasteiger partial charge in [0, 0.05) is 0 Å². The van der Waals surface area contributed by atoms with Crippen LogP contribution in [-0.2, 0) is 9.53 Å². The third kappa shape index (κ3) is 14.4. The maximum absolute atomic E-state index is 11.2. The Bertz CT molecular complexity index is 244. The Balaban J connectivity index is 3.26. The van der Waals surface area contributed by atoms with Crippen molar-refractivity contribution in [3.8, 4) is 0 Å². The van der Waals surface area contributed by atoms with Crippen LogP contribution in [0.1, 0.15) is 90.9 Å². The molecule has 0 saturated carbocycles. The molecule has 0 aliphatic heterocycles. The number of nitrogens with zero attached hydrogens (tertiary/aromatic N) is 1. The number of hydrogen-bond donors (Lipinski definition) is 0. The Hall–Kier alpha value is -0.570. The van der Waals surface area contributed by atoms with E-state index in [4.69, 9.17) is 4.74 Å². The molecule has 3 nitrogen and oxygen atoms in total. The third-order valence-corrected chi connectivity index (χ3v) is 4.36. The number of hydrogen-bond acceptors (Lipinski definition) is 3. The molecule has 0 radical (unpaired) electrons. The number of rotatable bonds is 16. The molecule has 0 aliphatic carbocycles. The lowest BCUT2D eigenvalue weighted by molar-refractivity contribution is -0.141. The van der Waals surface area contributed by atoms with E-state index in [0.717, 1.165) is 13.1 Å². The second-order valence-electron chi connectivity index (χ2n) is 6.33. The van der Waals surface area contributed by atoms with Crippen LogP contribution in [0.3, 0.4) is 0 Å². The van der Waals surface area contributed by atoms with Crippen molar-refractivity contribution in [2.24, 2.45) is 0 Å². The summed E-state index contributed by atoms with van der Waals surface area (Å²) in [4.78, 5) is 13.4. The van der Waals surface area contributed by atoms with Crippen molar-refractivity contribution < 1.29 is 9.53 Å². The molecule has 0 fully saturated rings. The largest absolute Gasteiger partial charge is 0.468 e. The first kappa shape index (κ1) is 21.4. The van der Waals surface area contributed by atoms with E-state index in [2.05, 4.69) is 18.7 Å². The molecule has 0 spiro atoms. The topological polar surface area (TPSA) is 29.5 Å². The summed E-state index contributed by atoms with van der Waals surface area (Å²) in [5.74, 6) is -0.124. The van der Waals surface area contributed by atoms with Gasteiger partial charge >= 0.3 is 5.97 Å². The molecule has 0 aromatic rings. The average Bonchev–Trinajstić information content (AvgIpc) is 2.54. The normalized spacial score (nSPS) is 11.1. The van der Waals surface area contributed by atoms with Crippen molar-refractivity contribution in [3.63, 3.8) is 0 Å². The molecule has 0 rings (SSSR count). The van der Waals surface area contributed by atoms with E-state index >= 15 is 0 Å². The molecule has 0 aromatic carbocycles. The van der Waals surface area contributed by atoms with Crippen LogP contribution in [0.2, 0.25) is 0 Å². The first-order valence-corrected chi connectivity index (χ1v) is 9.53. The molecular weight excluding hydrogens is 274 g/mol. The van der Waals surface area contributed by atoms with Crippen LogP contribution in [-0.4, -0.2) is 37.6 Å². The van der Waals surface area contributed by atoms with Crippen molar-refractivity contribution in [3.05, 3.63) is 0 Å². The monoisotopic (exact) mass is 313 g/mol. The summed E-state index contributed by atoms with van der Waals surface area (Å²) in [5.41, 5.74) is 0. The number of esters is 1. The minimum absolute atomic E-state index is 0.124. The Morgan fingerprint density at radius 2 is 1.23 bits per heavy atom. The lowest BCUT2D eigenvalue weighted by Gasteiger charge is -2.18. The maximum atomic E-state index is 11.2. The molecule has 3 heteroatoms. The zero-order valence-corrected chi connectivity index (χ0v) is 15.4. The zero-order chi connectivity index (χ0) is 16.5. The van der Waals surface area contributed by atoms with Gasteiger partial charge in [0.25, 0.3) is 0 Å². The molecule has 0 aliphatic rings. The van der Waals surface area contributed by atoms with Gasteiger partial charge in [-0.2, -0.15) is 0 Å². The van der Waals surface area contributed by atoms with E-state index in [-0.39, 0.29) is 5.97 Å². The highest BCUT2D eigenvalue weighted by Crippen LogP contribution is 2.12. The first-order chi connectivity index (χ1) is 10.7. The molecule has 0 saturated heterocycles. The molecule has 0 amide bonds.